The summed E-state index contributed by atoms with van der Waals surface area (Å²) >= 11 is 0. The van der Waals surface area contributed by atoms with E-state index in [0.717, 1.165) is 24.8 Å². The van der Waals surface area contributed by atoms with Crippen molar-refractivity contribution in [2.24, 2.45) is 11.8 Å². The van der Waals surface area contributed by atoms with Crippen LogP contribution in [0.15, 0.2) is 0 Å². The first kappa shape index (κ1) is 15.3. The van der Waals surface area contributed by atoms with Gasteiger partial charge in [0, 0.05) is 32.3 Å². The van der Waals surface area contributed by atoms with E-state index in [1.165, 1.54) is 58.2 Å². The Morgan fingerprint density at radius 1 is 1.16 bits per heavy atom. The average molecular weight is 268 g/mol. The molecule has 0 radical (unpaired) electrons. The normalized spacial score (nSPS) is 30.6. The highest BCUT2D eigenvalue weighted by Crippen LogP contribution is 2.26. The van der Waals surface area contributed by atoms with Crippen molar-refractivity contribution >= 4 is 0 Å². The fourth-order valence-corrected chi connectivity index (χ4v) is 3.88. The molecule has 2 rings (SSSR count). The molecule has 2 aliphatic rings. The third-order valence-electron chi connectivity index (χ3n) is 4.74. The first-order valence-electron chi connectivity index (χ1n) is 8.34. The third-order valence-corrected chi connectivity index (χ3v) is 4.74. The molecule has 2 N–H and O–H groups in total. The van der Waals surface area contributed by atoms with E-state index >= 15 is 0 Å². The summed E-state index contributed by atoms with van der Waals surface area (Å²) in [6, 6.07) is 0.638. The summed E-state index contributed by atoms with van der Waals surface area (Å²) in [5, 5.41) is 12.5. The maximum absolute atomic E-state index is 8.87. The monoisotopic (exact) mass is 268 g/mol. The SMILES string of the molecule is CC1CC(NCCCO)CN(CC2CCCCC2)C1. The quantitative estimate of drug-likeness (QED) is 0.725. The molecule has 0 bridgehead atoms. The van der Waals surface area contributed by atoms with Crippen LogP contribution in [0.1, 0.15) is 51.9 Å². The predicted octanol–water partition coefficient (Wildman–Crippen LogP) is 2.25. The fourth-order valence-electron chi connectivity index (χ4n) is 3.88. The Morgan fingerprint density at radius 3 is 2.68 bits per heavy atom. The number of aliphatic hydroxyl groups is 1. The Balaban J connectivity index is 1.73. The number of hydrogen-bond acceptors (Lipinski definition) is 3. The molecule has 1 aliphatic carbocycles. The second kappa shape index (κ2) is 8.23. The number of nitrogens with zero attached hydrogens (tertiary/aromatic N) is 1. The number of piperidine rings is 1. The highest BCUT2D eigenvalue weighted by molar-refractivity contribution is 4.83. The van der Waals surface area contributed by atoms with E-state index in [4.69, 9.17) is 5.11 Å². The van der Waals surface area contributed by atoms with E-state index in [1.807, 2.05) is 0 Å². The zero-order valence-corrected chi connectivity index (χ0v) is 12.6. The topological polar surface area (TPSA) is 35.5 Å². The van der Waals surface area contributed by atoms with E-state index in [2.05, 4.69) is 17.1 Å². The summed E-state index contributed by atoms with van der Waals surface area (Å²) < 4.78 is 0. The second-order valence-corrected chi connectivity index (χ2v) is 6.79. The first-order chi connectivity index (χ1) is 9.28. The van der Waals surface area contributed by atoms with Gasteiger partial charge in [0.25, 0.3) is 0 Å². The lowest BCUT2D eigenvalue weighted by molar-refractivity contribution is 0.118. The second-order valence-electron chi connectivity index (χ2n) is 6.79. The van der Waals surface area contributed by atoms with Crippen molar-refractivity contribution in [1.82, 2.24) is 10.2 Å². The van der Waals surface area contributed by atoms with Crippen molar-refractivity contribution in [3.8, 4) is 0 Å². The molecule has 1 heterocycles. The molecule has 0 spiro atoms. The van der Waals surface area contributed by atoms with Gasteiger partial charge in [0.15, 0.2) is 0 Å². The van der Waals surface area contributed by atoms with Gasteiger partial charge in [-0.25, -0.2) is 0 Å². The van der Waals surface area contributed by atoms with Gasteiger partial charge in [-0.1, -0.05) is 26.2 Å². The molecule has 0 aromatic rings. The summed E-state index contributed by atoms with van der Waals surface area (Å²) in [5.74, 6) is 1.76. The van der Waals surface area contributed by atoms with Crippen LogP contribution < -0.4 is 5.32 Å². The van der Waals surface area contributed by atoms with Gasteiger partial charge in [-0.05, 0) is 44.1 Å². The summed E-state index contributed by atoms with van der Waals surface area (Å²) in [4.78, 5) is 2.70. The Morgan fingerprint density at radius 2 is 1.95 bits per heavy atom. The molecule has 1 saturated carbocycles. The van der Waals surface area contributed by atoms with Crippen molar-refractivity contribution in [3.05, 3.63) is 0 Å². The van der Waals surface area contributed by atoms with E-state index < -0.39 is 0 Å². The fraction of sp³-hybridized carbons (Fsp3) is 1.00. The Bertz CT molecular complexity index is 241. The van der Waals surface area contributed by atoms with Crippen LogP contribution in [0.3, 0.4) is 0 Å². The van der Waals surface area contributed by atoms with Crippen molar-refractivity contribution in [2.45, 2.75) is 57.9 Å². The molecule has 0 amide bonds. The van der Waals surface area contributed by atoms with E-state index in [0.29, 0.717) is 12.6 Å². The van der Waals surface area contributed by atoms with Crippen molar-refractivity contribution in [2.75, 3.05) is 32.8 Å². The Hall–Kier alpha value is -0.120. The highest BCUT2D eigenvalue weighted by atomic mass is 16.3. The molecule has 2 fully saturated rings. The predicted molar refractivity (Wildman–Crippen MR) is 80.3 cm³/mol. The van der Waals surface area contributed by atoms with Crippen LogP contribution in [0.4, 0.5) is 0 Å². The van der Waals surface area contributed by atoms with Gasteiger partial charge in [-0.3, -0.25) is 0 Å². The lowest BCUT2D eigenvalue weighted by Crippen LogP contribution is -2.50. The van der Waals surface area contributed by atoms with Crippen molar-refractivity contribution in [1.29, 1.82) is 0 Å². The number of rotatable bonds is 6. The molecule has 2 unspecified atom stereocenters. The number of likely N-dealkylation sites (tertiary alicyclic amines) is 1. The van der Waals surface area contributed by atoms with Crippen LogP contribution in [0.2, 0.25) is 0 Å². The molecule has 0 aromatic heterocycles. The van der Waals surface area contributed by atoms with Crippen LogP contribution >= 0.6 is 0 Å². The van der Waals surface area contributed by atoms with Crippen LogP contribution in [0.25, 0.3) is 0 Å². The average Bonchev–Trinajstić information content (AvgIpc) is 2.39. The largest absolute Gasteiger partial charge is 0.396 e. The van der Waals surface area contributed by atoms with E-state index in [1.54, 1.807) is 0 Å². The number of hydrogen-bond donors (Lipinski definition) is 2. The van der Waals surface area contributed by atoms with Crippen LogP contribution in [-0.2, 0) is 0 Å². The molecule has 2 atom stereocenters. The van der Waals surface area contributed by atoms with Gasteiger partial charge in [-0.15, -0.1) is 0 Å². The molecule has 19 heavy (non-hydrogen) atoms. The molecule has 3 nitrogen and oxygen atoms in total. The molecular formula is C16H32N2O. The van der Waals surface area contributed by atoms with Crippen molar-refractivity contribution in [3.63, 3.8) is 0 Å². The van der Waals surface area contributed by atoms with E-state index in [9.17, 15) is 0 Å². The van der Waals surface area contributed by atoms with Gasteiger partial charge < -0.3 is 15.3 Å². The zero-order chi connectivity index (χ0) is 13.5. The maximum Gasteiger partial charge on any atom is 0.0443 e. The van der Waals surface area contributed by atoms with Gasteiger partial charge >= 0.3 is 0 Å². The minimum absolute atomic E-state index is 0.307. The summed E-state index contributed by atoms with van der Waals surface area (Å²) in [7, 11) is 0. The molecule has 3 heteroatoms. The molecule has 1 saturated heterocycles. The summed E-state index contributed by atoms with van der Waals surface area (Å²) in [5.41, 5.74) is 0. The zero-order valence-electron chi connectivity index (χ0n) is 12.6. The molecule has 112 valence electrons. The molecular weight excluding hydrogens is 236 g/mol. The van der Waals surface area contributed by atoms with Gasteiger partial charge in [0.2, 0.25) is 0 Å². The van der Waals surface area contributed by atoms with Gasteiger partial charge in [-0.2, -0.15) is 0 Å². The van der Waals surface area contributed by atoms with Crippen LogP contribution in [0.5, 0.6) is 0 Å². The lowest BCUT2D eigenvalue weighted by Gasteiger charge is -2.39. The van der Waals surface area contributed by atoms with Gasteiger partial charge in [0.1, 0.15) is 0 Å². The minimum atomic E-state index is 0.307. The standard InChI is InChI=1S/C16H32N2O/c1-14-10-16(17-8-5-9-19)13-18(11-14)12-15-6-3-2-4-7-15/h14-17,19H,2-13H2,1H3. The molecule has 1 aliphatic heterocycles. The maximum atomic E-state index is 8.87. The first-order valence-corrected chi connectivity index (χ1v) is 8.34. The summed E-state index contributed by atoms with van der Waals surface area (Å²) in [6.45, 7) is 7.48. The Labute approximate surface area is 118 Å². The van der Waals surface area contributed by atoms with Crippen LogP contribution in [-0.4, -0.2) is 48.8 Å². The minimum Gasteiger partial charge on any atom is -0.396 e. The molecule has 0 aromatic carbocycles. The van der Waals surface area contributed by atoms with Gasteiger partial charge in [0.05, 0.1) is 0 Å². The van der Waals surface area contributed by atoms with Crippen molar-refractivity contribution < 1.29 is 5.11 Å². The number of nitrogens with one attached hydrogen (secondary N) is 1. The van der Waals surface area contributed by atoms with E-state index in [-0.39, 0.29) is 0 Å². The number of aliphatic hydroxyl groups excluding tert-OH is 1. The third kappa shape index (κ3) is 5.41. The lowest BCUT2D eigenvalue weighted by atomic mass is 9.87. The van der Waals surface area contributed by atoms with Crippen LogP contribution in [0, 0.1) is 11.8 Å². The smallest absolute Gasteiger partial charge is 0.0443 e. The highest BCUT2D eigenvalue weighted by Gasteiger charge is 2.26. The Kier molecular flexibility index (Phi) is 6.62. The summed E-state index contributed by atoms with van der Waals surface area (Å²) in [6.07, 6.45) is 9.44.